The molecule has 108 valence electrons. The summed E-state index contributed by atoms with van der Waals surface area (Å²) in [6.07, 6.45) is 0. The molecule has 0 bridgehead atoms. The predicted molar refractivity (Wildman–Crippen MR) is 74.5 cm³/mol. The van der Waals surface area contributed by atoms with Crippen LogP contribution < -0.4 is 0 Å². The molecule has 1 aromatic carbocycles. The molecular formula is C11H10BrNO6S. The van der Waals surface area contributed by atoms with E-state index >= 15 is 0 Å². The summed E-state index contributed by atoms with van der Waals surface area (Å²) < 4.78 is 9.57. The normalized spacial score (nSPS) is 10.2. The molecule has 0 aliphatic heterocycles. The lowest BCUT2D eigenvalue weighted by Crippen LogP contribution is -2.29. The SMILES string of the molecule is COC(=O)C(Sc1cc(Br)ccc1[N+](=O)[O-])C(=O)OC. The van der Waals surface area contributed by atoms with Crippen molar-refractivity contribution in [3.63, 3.8) is 0 Å². The fourth-order valence-corrected chi connectivity index (χ4v) is 2.88. The summed E-state index contributed by atoms with van der Waals surface area (Å²) in [6, 6.07) is 4.22. The van der Waals surface area contributed by atoms with Crippen molar-refractivity contribution in [3.8, 4) is 0 Å². The van der Waals surface area contributed by atoms with Gasteiger partial charge in [-0.15, -0.1) is 0 Å². The fraction of sp³-hybridized carbons (Fsp3) is 0.273. The van der Waals surface area contributed by atoms with Crippen LogP contribution in [0.3, 0.4) is 0 Å². The number of hydrogen-bond donors (Lipinski definition) is 0. The molecule has 0 heterocycles. The predicted octanol–water partition coefficient (Wildman–Crippen LogP) is 2.16. The third-order valence-electron chi connectivity index (χ3n) is 2.19. The highest BCUT2D eigenvalue weighted by Gasteiger charge is 2.32. The largest absolute Gasteiger partial charge is 0.468 e. The summed E-state index contributed by atoms with van der Waals surface area (Å²) in [6.45, 7) is 0. The lowest BCUT2D eigenvalue weighted by molar-refractivity contribution is -0.387. The lowest BCUT2D eigenvalue weighted by Gasteiger charge is -2.12. The first-order valence-corrected chi connectivity index (χ1v) is 6.84. The van der Waals surface area contributed by atoms with E-state index in [9.17, 15) is 19.7 Å². The molecule has 0 amide bonds. The zero-order chi connectivity index (χ0) is 15.3. The fourth-order valence-electron chi connectivity index (χ4n) is 1.27. The molecule has 0 N–H and O–H groups in total. The van der Waals surface area contributed by atoms with Crippen LogP contribution in [0.5, 0.6) is 0 Å². The van der Waals surface area contributed by atoms with E-state index in [1.54, 1.807) is 0 Å². The molecule has 0 aliphatic carbocycles. The summed E-state index contributed by atoms with van der Waals surface area (Å²) in [5, 5.41) is 9.62. The van der Waals surface area contributed by atoms with Gasteiger partial charge in [-0.2, -0.15) is 0 Å². The summed E-state index contributed by atoms with van der Waals surface area (Å²) in [7, 11) is 2.24. The van der Waals surface area contributed by atoms with Gasteiger partial charge >= 0.3 is 11.9 Å². The van der Waals surface area contributed by atoms with Gasteiger partial charge in [0, 0.05) is 10.5 Å². The Morgan fingerprint density at radius 1 is 1.30 bits per heavy atom. The average Bonchev–Trinajstić information content (AvgIpc) is 2.42. The number of carbonyl (C=O) groups is 2. The summed E-state index contributed by atoms with van der Waals surface area (Å²) >= 11 is 3.88. The zero-order valence-corrected chi connectivity index (χ0v) is 12.9. The molecule has 0 spiro atoms. The van der Waals surface area contributed by atoms with Crippen LogP contribution in [0.25, 0.3) is 0 Å². The van der Waals surface area contributed by atoms with E-state index in [-0.39, 0.29) is 10.6 Å². The molecule has 0 unspecified atom stereocenters. The van der Waals surface area contributed by atoms with E-state index in [1.807, 2.05) is 0 Å². The third kappa shape index (κ3) is 3.94. The summed E-state index contributed by atoms with van der Waals surface area (Å²) in [5.41, 5.74) is -0.212. The minimum absolute atomic E-state index is 0.158. The highest BCUT2D eigenvalue weighted by Crippen LogP contribution is 2.35. The van der Waals surface area contributed by atoms with Gasteiger partial charge in [-0.1, -0.05) is 27.7 Å². The molecule has 20 heavy (non-hydrogen) atoms. The van der Waals surface area contributed by atoms with E-state index in [0.29, 0.717) is 16.2 Å². The third-order valence-corrected chi connectivity index (χ3v) is 3.89. The maximum atomic E-state index is 11.6. The second-order valence-corrected chi connectivity index (χ2v) is 5.48. The molecule has 7 nitrogen and oxygen atoms in total. The highest BCUT2D eigenvalue weighted by atomic mass is 79.9. The smallest absolute Gasteiger partial charge is 0.330 e. The molecule has 1 aromatic rings. The van der Waals surface area contributed by atoms with Gasteiger partial charge in [0.1, 0.15) is 0 Å². The van der Waals surface area contributed by atoms with Crippen LogP contribution in [-0.2, 0) is 19.1 Å². The Hall–Kier alpha value is -1.61. The van der Waals surface area contributed by atoms with Gasteiger partial charge in [0.05, 0.1) is 24.0 Å². The Bertz CT molecular complexity index is 534. The first-order valence-electron chi connectivity index (χ1n) is 5.17. The first-order chi connectivity index (χ1) is 9.40. The minimum atomic E-state index is -1.32. The summed E-state index contributed by atoms with van der Waals surface area (Å²) in [5.74, 6) is -1.67. The van der Waals surface area contributed by atoms with Crippen LogP contribution in [0.1, 0.15) is 0 Å². The maximum absolute atomic E-state index is 11.6. The second-order valence-electron chi connectivity index (χ2n) is 3.41. The standard InChI is InChI=1S/C11H10BrNO6S/c1-18-10(14)9(11(15)19-2)20-8-5-6(12)3-4-7(8)13(16)17/h3-5,9H,1-2H3. The van der Waals surface area contributed by atoms with Crippen molar-refractivity contribution in [1.82, 2.24) is 0 Å². The van der Waals surface area contributed by atoms with Crippen molar-refractivity contribution in [1.29, 1.82) is 0 Å². The van der Waals surface area contributed by atoms with Crippen molar-refractivity contribution in [2.24, 2.45) is 0 Å². The van der Waals surface area contributed by atoms with E-state index in [1.165, 1.54) is 18.2 Å². The van der Waals surface area contributed by atoms with Crippen molar-refractivity contribution in [2.45, 2.75) is 10.1 Å². The van der Waals surface area contributed by atoms with Crippen LogP contribution >= 0.6 is 27.7 Å². The Morgan fingerprint density at radius 2 is 1.85 bits per heavy atom. The number of thioether (sulfide) groups is 1. The number of hydrogen-bond acceptors (Lipinski definition) is 7. The van der Waals surface area contributed by atoms with Crippen LogP contribution in [0.15, 0.2) is 27.6 Å². The number of carbonyl (C=O) groups excluding carboxylic acids is 2. The molecule has 0 fully saturated rings. The van der Waals surface area contributed by atoms with E-state index in [2.05, 4.69) is 25.4 Å². The maximum Gasteiger partial charge on any atom is 0.330 e. The highest BCUT2D eigenvalue weighted by molar-refractivity contribution is 9.10. The molecule has 0 aliphatic rings. The molecule has 0 radical (unpaired) electrons. The van der Waals surface area contributed by atoms with Crippen LogP contribution in [0.4, 0.5) is 5.69 Å². The van der Waals surface area contributed by atoms with Gasteiger partial charge in [-0.05, 0) is 12.1 Å². The minimum Gasteiger partial charge on any atom is -0.468 e. The number of nitro groups is 1. The van der Waals surface area contributed by atoms with Gasteiger partial charge in [0.15, 0.2) is 0 Å². The number of halogens is 1. The zero-order valence-electron chi connectivity index (χ0n) is 10.5. The Balaban J connectivity index is 3.16. The molecule has 0 saturated heterocycles. The Morgan fingerprint density at radius 3 is 2.30 bits per heavy atom. The van der Waals surface area contributed by atoms with Crippen LogP contribution in [-0.4, -0.2) is 36.3 Å². The Kier molecular flexibility index (Phi) is 5.96. The molecule has 0 saturated carbocycles. The number of nitro benzene ring substituents is 1. The van der Waals surface area contributed by atoms with Crippen molar-refractivity contribution in [2.75, 3.05) is 14.2 Å². The summed E-state index contributed by atoms with van der Waals surface area (Å²) in [4.78, 5) is 33.6. The van der Waals surface area contributed by atoms with E-state index in [0.717, 1.165) is 14.2 Å². The van der Waals surface area contributed by atoms with Crippen molar-refractivity contribution >= 4 is 45.3 Å². The number of rotatable bonds is 5. The number of ether oxygens (including phenoxy) is 2. The van der Waals surface area contributed by atoms with Gasteiger partial charge in [0.25, 0.3) is 5.69 Å². The van der Waals surface area contributed by atoms with Gasteiger partial charge in [-0.3, -0.25) is 19.7 Å². The quantitative estimate of drug-likeness (QED) is 0.260. The second kappa shape index (κ2) is 7.25. The number of nitrogens with zero attached hydrogens (tertiary/aromatic N) is 1. The van der Waals surface area contributed by atoms with E-state index in [4.69, 9.17) is 0 Å². The van der Waals surface area contributed by atoms with Gasteiger partial charge in [0.2, 0.25) is 5.25 Å². The monoisotopic (exact) mass is 363 g/mol. The molecule has 1 rings (SSSR count). The van der Waals surface area contributed by atoms with Crippen LogP contribution in [0.2, 0.25) is 0 Å². The topological polar surface area (TPSA) is 95.7 Å². The molecule has 0 aromatic heterocycles. The molecule has 9 heteroatoms. The Labute approximate surface area is 126 Å². The molecular weight excluding hydrogens is 354 g/mol. The van der Waals surface area contributed by atoms with E-state index < -0.39 is 22.1 Å². The van der Waals surface area contributed by atoms with Crippen LogP contribution in [0, 0.1) is 10.1 Å². The number of esters is 2. The average molecular weight is 364 g/mol. The number of benzene rings is 1. The lowest BCUT2D eigenvalue weighted by atomic mass is 10.3. The first kappa shape index (κ1) is 16.4. The molecule has 0 atom stereocenters. The van der Waals surface area contributed by atoms with Crippen molar-refractivity contribution < 1.29 is 24.0 Å². The van der Waals surface area contributed by atoms with Crippen molar-refractivity contribution in [3.05, 3.63) is 32.8 Å². The van der Waals surface area contributed by atoms with Gasteiger partial charge < -0.3 is 9.47 Å². The van der Waals surface area contributed by atoms with Gasteiger partial charge in [-0.25, -0.2) is 0 Å². The number of methoxy groups -OCH3 is 2.